The Balaban J connectivity index is 1.47. The Labute approximate surface area is 124 Å². The molecule has 0 unspecified atom stereocenters. The number of rotatable bonds is 3. The number of thiocarbonyl (C=S) groups is 1. The van der Waals surface area contributed by atoms with Crippen LogP contribution in [0, 0.1) is 0 Å². The highest BCUT2D eigenvalue weighted by Gasteiger charge is 2.15. The fourth-order valence-corrected chi connectivity index (χ4v) is 2.96. The zero-order chi connectivity index (χ0) is 13.8. The summed E-state index contributed by atoms with van der Waals surface area (Å²) < 4.78 is 10.7. The minimum Gasteiger partial charge on any atom is -0.454 e. The van der Waals surface area contributed by atoms with Crippen molar-refractivity contribution in [2.45, 2.75) is 44.7 Å². The van der Waals surface area contributed by atoms with Gasteiger partial charge in [0.05, 0.1) is 0 Å². The van der Waals surface area contributed by atoms with Gasteiger partial charge < -0.3 is 20.1 Å². The molecule has 108 valence electrons. The van der Waals surface area contributed by atoms with Crippen molar-refractivity contribution in [1.29, 1.82) is 0 Å². The maximum atomic E-state index is 5.37. The van der Waals surface area contributed by atoms with Crippen LogP contribution in [-0.4, -0.2) is 17.9 Å². The van der Waals surface area contributed by atoms with Crippen LogP contribution >= 0.6 is 12.2 Å². The third-order valence-electron chi connectivity index (χ3n) is 3.83. The Morgan fingerprint density at radius 3 is 2.80 bits per heavy atom. The summed E-state index contributed by atoms with van der Waals surface area (Å²) in [4.78, 5) is 0. The van der Waals surface area contributed by atoms with Crippen molar-refractivity contribution in [2.75, 3.05) is 6.79 Å². The first kappa shape index (κ1) is 13.5. The van der Waals surface area contributed by atoms with Crippen molar-refractivity contribution in [2.24, 2.45) is 0 Å². The second kappa shape index (κ2) is 6.31. The van der Waals surface area contributed by atoms with Gasteiger partial charge in [-0.1, -0.05) is 25.3 Å². The highest BCUT2D eigenvalue weighted by molar-refractivity contribution is 7.80. The molecule has 0 bridgehead atoms. The average molecular weight is 292 g/mol. The predicted octanol–water partition coefficient (Wildman–Crippen LogP) is 2.71. The van der Waals surface area contributed by atoms with Gasteiger partial charge in [0.1, 0.15) is 0 Å². The molecule has 2 aliphatic rings. The van der Waals surface area contributed by atoms with E-state index >= 15 is 0 Å². The molecule has 1 fully saturated rings. The maximum Gasteiger partial charge on any atom is 0.231 e. The molecule has 0 spiro atoms. The smallest absolute Gasteiger partial charge is 0.231 e. The summed E-state index contributed by atoms with van der Waals surface area (Å²) >= 11 is 5.36. The molecule has 20 heavy (non-hydrogen) atoms. The lowest BCUT2D eigenvalue weighted by Crippen LogP contribution is -2.42. The molecule has 1 heterocycles. The van der Waals surface area contributed by atoms with Crippen LogP contribution in [0.25, 0.3) is 0 Å². The molecule has 3 rings (SSSR count). The molecule has 0 radical (unpaired) electrons. The van der Waals surface area contributed by atoms with Crippen LogP contribution in [0.2, 0.25) is 0 Å². The fourth-order valence-electron chi connectivity index (χ4n) is 2.72. The fraction of sp³-hybridized carbons (Fsp3) is 0.533. The highest BCUT2D eigenvalue weighted by Crippen LogP contribution is 2.32. The van der Waals surface area contributed by atoms with Gasteiger partial charge in [0, 0.05) is 12.6 Å². The Morgan fingerprint density at radius 1 is 1.15 bits per heavy atom. The lowest BCUT2D eigenvalue weighted by Gasteiger charge is -2.24. The molecule has 0 atom stereocenters. The summed E-state index contributed by atoms with van der Waals surface area (Å²) in [5.41, 5.74) is 1.14. The highest BCUT2D eigenvalue weighted by atomic mass is 32.1. The molecular formula is C15H20N2O2S. The Hall–Kier alpha value is -1.49. The van der Waals surface area contributed by atoms with E-state index in [4.69, 9.17) is 21.7 Å². The third kappa shape index (κ3) is 3.33. The topological polar surface area (TPSA) is 42.5 Å². The lowest BCUT2D eigenvalue weighted by molar-refractivity contribution is 0.174. The van der Waals surface area contributed by atoms with Crippen LogP contribution in [-0.2, 0) is 6.54 Å². The predicted molar refractivity (Wildman–Crippen MR) is 82.0 cm³/mol. The van der Waals surface area contributed by atoms with Gasteiger partial charge in [-0.2, -0.15) is 0 Å². The monoisotopic (exact) mass is 292 g/mol. The molecule has 0 saturated heterocycles. The van der Waals surface area contributed by atoms with Gasteiger partial charge >= 0.3 is 0 Å². The summed E-state index contributed by atoms with van der Waals surface area (Å²) in [6, 6.07) is 6.51. The van der Waals surface area contributed by atoms with Crippen LogP contribution in [0.4, 0.5) is 0 Å². The van der Waals surface area contributed by atoms with Gasteiger partial charge in [-0.05, 0) is 42.8 Å². The van der Waals surface area contributed by atoms with Crippen molar-refractivity contribution in [3.8, 4) is 11.5 Å². The van der Waals surface area contributed by atoms with E-state index in [2.05, 4.69) is 10.6 Å². The van der Waals surface area contributed by atoms with E-state index in [1.807, 2.05) is 18.2 Å². The minimum absolute atomic E-state index is 0.313. The molecule has 1 saturated carbocycles. The zero-order valence-corrected chi connectivity index (χ0v) is 12.3. The largest absolute Gasteiger partial charge is 0.454 e. The lowest BCUT2D eigenvalue weighted by atomic mass is 9.96. The summed E-state index contributed by atoms with van der Waals surface area (Å²) in [5, 5.41) is 7.41. The first-order chi connectivity index (χ1) is 9.81. The van der Waals surface area contributed by atoms with E-state index in [1.54, 1.807) is 0 Å². The molecule has 0 aromatic heterocycles. The van der Waals surface area contributed by atoms with Crippen molar-refractivity contribution < 1.29 is 9.47 Å². The van der Waals surface area contributed by atoms with E-state index in [0.29, 0.717) is 19.4 Å². The Kier molecular flexibility index (Phi) is 4.25. The van der Waals surface area contributed by atoms with Gasteiger partial charge in [-0.3, -0.25) is 0 Å². The van der Waals surface area contributed by atoms with Crippen LogP contribution in [0.15, 0.2) is 18.2 Å². The standard InChI is InChI=1S/C15H20N2O2S/c20-15(17-12-4-2-1-3-5-12)16-9-11-6-7-13-14(8-11)19-10-18-13/h6-8,12H,1-5,9-10H2,(H2,16,17,20). The van der Waals surface area contributed by atoms with E-state index in [0.717, 1.165) is 22.2 Å². The van der Waals surface area contributed by atoms with Gasteiger partial charge in [0.2, 0.25) is 6.79 Å². The first-order valence-electron chi connectivity index (χ1n) is 7.24. The number of hydrogen-bond acceptors (Lipinski definition) is 3. The zero-order valence-electron chi connectivity index (χ0n) is 11.5. The number of fused-ring (bicyclic) bond motifs is 1. The molecule has 4 nitrogen and oxygen atoms in total. The van der Waals surface area contributed by atoms with Crippen molar-refractivity contribution in [3.63, 3.8) is 0 Å². The summed E-state index contributed by atoms with van der Waals surface area (Å²) in [5.74, 6) is 1.63. The molecule has 1 aromatic rings. The van der Waals surface area contributed by atoms with Gasteiger partial charge in [0.25, 0.3) is 0 Å². The minimum atomic E-state index is 0.313. The van der Waals surface area contributed by atoms with Crippen LogP contribution in [0.5, 0.6) is 11.5 Å². The van der Waals surface area contributed by atoms with Gasteiger partial charge in [-0.25, -0.2) is 0 Å². The molecule has 5 heteroatoms. The SMILES string of the molecule is S=C(NCc1ccc2c(c1)OCO2)NC1CCCCC1. The van der Waals surface area contributed by atoms with Crippen LogP contribution in [0.3, 0.4) is 0 Å². The second-order valence-corrected chi connectivity index (χ2v) is 5.76. The average Bonchev–Trinajstić information content (AvgIpc) is 2.93. The number of hydrogen-bond donors (Lipinski definition) is 2. The van der Waals surface area contributed by atoms with Crippen molar-refractivity contribution in [1.82, 2.24) is 10.6 Å². The Bertz CT molecular complexity index is 487. The van der Waals surface area contributed by atoms with Crippen molar-refractivity contribution in [3.05, 3.63) is 23.8 Å². The summed E-state index contributed by atoms with van der Waals surface area (Å²) in [6.07, 6.45) is 6.43. The van der Waals surface area contributed by atoms with Crippen LogP contribution in [0.1, 0.15) is 37.7 Å². The first-order valence-corrected chi connectivity index (χ1v) is 7.65. The molecule has 2 N–H and O–H groups in total. The third-order valence-corrected chi connectivity index (χ3v) is 4.09. The number of benzene rings is 1. The molecule has 1 aliphatic heterocycles. The van der Waals surface area contributed by atoms with E-state index in [9.17, 15) is 0 Å². The van der Waals surface area contributed by atoms with E-state index in [1.165, 1.54) is 32.1 Å². The van der Waals surface area contributed by atoms with Gasteiger partial charge in [-0.15, -0.1) is 0 Å². The quantitative estimate of drug-likeness (QED) is 0.839. The number of nitrogens with one attached hydrogen (secondary N) is 2. The number of ether oxygens (including phenoxy) is 2. The van der Waals surface area contributed by atoms with E-state index < -0.39 is 0 Å². The molecule has 0 amide bonds. The summed E-state index contributed by atoms with van der Waals surface area (Å²) in [7, 11) is 0. The van der Waals surface area contributed by atoms with Gasteiger partial charge in [0.15, 0.2) is 16.6 Å². The molecular weight excluding hydrogens is 272 g/mol. The maximum absolute atomic E-state index is 5.37. The molecule has 1 aromatic carbocycles. The van der Waals surface area contributed by atoms with E-state index in [-0.39, 0.29) is 0 Å². The Morgan fingerprint density at radius 2 is 1.95 bits per heavy atom. The summed E-state index contributed by atoms with van der Waals surface area (Å²) in [6.45, 7) is 1.02. The van der Waals surface area contributed by atoms with Crippen LogP contribution < -0.4 is 20.1 Å². The molecule has 1 aliphatic carbocycles. The second-order valence-electron chi connectivity index (χ2n) is 5.35. The van der Waals surface area contributed by atoms with Crippen molar-refractivity contribution >= 4 is 17.3 Å². The normalized spacial score (nSPS) is 17.8.